The molecule has 2 aromatic heterocycles. The first kappa shape index (κ1) is 18.6. The molecule has 2 heterocycles. The molecular formula is C23H21FN2OS. The third-order valence-corrected chi connectivity index (χ3v) is 5.95. The topological polar surface area (TPSA) is 34.9 Å². The number of alkyl halides is 1. The van der Waals surface area contributed by atoms with Crippen LogP contribution in [0, 0.1) is 20.8 Å². The largest absolute Gasteiger partial charge is 0.289 e. The Morgan fingerprint density at radius 2 is 1.50 bits per heavy atom. The van der Waals surface area contributed by atoms with Gasteiger partial charge in [-0.15, -0.1) is 11.3 Å². The molecule has 28 heavy (non-hydrogen) atoms. The van der Waals surface area contributed by atoms with Crippen LogP contribution in [-0.4, -0.2) is 16.2 Å². The van der Waals surface area contributed by atoms with Gasteiger partial charge in [0.2, 0.25) is 0 Å². The normalized spacial score (nSPS) is 11.3. The van der Waals surface area contributed by atoms with Crippen molar-refractivity contribution in [3.05, 3.63) is 74.9 Å². The Morgan fingerprint density at radius 1 is 0.929 bits per heavy atom. The molecule has 0 N–H and O–H groups in total. The molecule has 2 aromatic carbocycles. The molecule has 0 aliphatic rings. The van der Waals surface area contributed by atoms with E-state index < -0.39 is 6.67 Å². The molecule has 0 saturated carbocycles. The lowest BCUT2D eigenvalue weighted by atomic mass is 10.0. The van der Waals surface area contributed by atoms with Crippen molar-refractivity contribution < 1.29 is 4.39 Å². The van der Waals surface area contributed by atoms with Crippen LogP contribution in [0.25, 0.3) is 32.7 Å². The second-order valence-corrected chi connectivity index (χ2v) is 8.23. The van der Waals surface area contributed by atoms with Crippen molar-refractivity contribution in [2.75, 3.05) is 6.67 Å². The van der Waals surface area contributed by atoms with Crippen molar-refractivity contribution in [3.8, 4) is 22.5 Å². The Labute approximate surface area is 167 Å². The number of hydrogen-bond acceptors (Lipinski definition) is 3. The van der Waals surface area contributed by atoms with E-state index in [1.807, 2.05) is 69.3 Å². The van der Waals surface area contributed by atoms with Gasteiger partial charge in [0.25, 0.3) is 5.56 Å². The van der Waals surface area contributed by atoms with Crippen LogP contribution in [0.1, 0.15) is 16.0 Å². The van der Waals surface area contributed by atoms with Crippen LogP contribution in [0.4, 0.5) is 4.39 Å². The molecule has 0 atom stereocenters. The number of rotatable bonds is 4. The summed E-state index contributed by atoms with van der Waals surface area (Å²) < 4.78 is 14.8. The van der Waals surface area contributed by atoms with Gasteiger partial charge >= 0.3 is 0 Å². The Kier molecular flexibility index (Phi) is 4.85. The summed E-state index contributed by atoms with van der Waals surface area (Å²) >= 11 is 1.51. The maximum atomic E-state index is 13.4. The van der Waals surface area contributed by atoms with Gasteiger partial charge in [-0.25, -0.2) is 9.37 Å². The highest BCUT2D eigenvalue weighted by atomic mass is 32.1. The Bertz CT molecular complexity index is 1200. The lowest BCUT2D eigenvalue weighted by molar-refractivity contribution is 0.441. The van der Waals surface area contributed by atoms with Crippen LogP contribution in [0.2, 0.25) is 0 Å². The summed E-state index contributed by atoms with van der Waals surface area (Å²) in [6, 6.07) is 15.9. The average molecular weight is 392 g/mol. The summed E-state index contributed by atoms with van der Waals surface area (Å²) in [7, 11) is 0. The van der Waals surface area contributed by atoms with Crippen molar-refractivity contribution >= 4 is 21.6 Å². The summed E-state index contributed by atoms with van der Waals surface area (Å²) in [5, 5.41) is 0.579. The monoisotopic (exact) mass is 392 g/mol. The molecule has 0 radical (unpaired) electrons. The fourth-order valence-electron chi connectivity index (χ4n) is 3.48. The van der Waals surface area contributed by atoms with Crippen LogP contribution in [0.5, 0.6) is 0 Å². The lowest BCUT2D eigenvalue weighted by Gasteiger charge is -2.12. The number of hydrogen-bond donors (Lipinski definition) is 0. The molecule has 0 unspecified atom stereocenters. The first-order valence-corrected chi connectivity index (χ1v) is 10.0. The number of nitrogens with zero attached hydrogens (tertiary/aromatic N) is 2. The SMILES string of the molecule is Cc1ccc(-c2c(C)sc3nc(-c4ccc(C)cc4)n(CCF)c(=O)c23)cc1. The molecule has 4 rings (SSSR count). The quantitative estimate of drug-likeness (QED) is 0.447. The van der Waals surface area contributed by atoms with Crippen LogP contribution < -0.4 is 5.56 Å². The molecule has 142 valence electrons. The molecule has 0 aliphatic heterocycles. The zero-order chi connectivity index (χ0) is 19.8. The van der Waals surface area contributed by atoms with E-state index in [1.165, 1.54) is 15.9 Å². The minimum absolute atomic E-state index is 0.00673. The van der Waals surface area contributed by atoms with Gasteiger partial charge in [0.05, 0.1) is 11.9 Å². The van der Waals surface area contributed by atoms with Crippen LogP contribution in [0.15, 0.2) is 53.3 Å². The highest BCUT2D eigenvalue weighted by molar-refractivity contribution is 7.19. The molecule has 3 nitrogen and oxygen atoms in total. The minimum Gasteiger partial charge on any atom is -0.289 e. The van der Waals surface area contributed by atoms with Crippen molar-refractivity contribution in [2.45, 2.75) is 27.3 Å². The van der Waals surface area contributed by atoms with Gasteiger partial charge in [-0.1, -0.05) is 59.7 Å². The third-order valence-electron chi connectivity index (χ3n) is 4.95. The highest BCUT2D eigenvalue weighted by Gasteiger charge is 2.20. The van der Waals surface area contributed by atoms with Crippen molar-refractivity contribution in [1.29, 1.82) is 0 Å². The van der Waals surface area contributed by atoms with Crippen LogP contribution in [0.3, 0.4) is 0 Å². The number of thiophene rings is 1. The fourth-order valence-corrected chi connectivity index (χ4v) is 4.51. The lowest BCUT2D eigenvalue weighted by Crippen LogP contribution is -2.24. The molecule has 0 amide bonds. The number of aromatic nitrogens is 2. The van der Waals surface area contributed by atoms with Gasteiger partial charge < -0.3 is 0 Å². The number of halogens is 1. The van der Waals surface area contributed by atoms with Gasteiger partial charge in [0.15, 0.2) is 0 Å². The minimum atomic E-state index is -0.616. The number of aryl methyl sites for hydroxylation is 3. The van der Waals surface area contributed by atoms with Gasteiger partial charge in [-0.05, 0) is 26.3 Å². The maximum Gasteiger partial charge on any atom is 0.263 e. The molecule has 5 heteroatoms. The standard InChI is InChI=1S/C23H21FN2OS/c1-14-4-8-17(9-5-14)19-16(3)28-22-20(19)23(27)26(13-12-24)21(25-22)18-10-6-15(2)7-11-18/h4-11H,12-13H2,1-3H3. The highest BCUT2D eigenvalue weighted by Crippen LogP contribution is 2.36. The predicted octanol–water partition coefficient (Wildman–Crippen LogP) is 5.69. The van der Waals surface area contributed by atoms with Crippen LogP contribution in [-0.2, 0) is 6.54 Å². The first-order chi connectivity index (χ1) is 13.5. The Balaban J connectivity index is 2.02. The Morgan fingerprint density at radius 3 is 2.07 bits per heavy atom. The van der Waals surface area contributed by atoms with E-state index in [9.17, 15) is 9.18 Å². The van der Waals surface area contributed by atoms with Crippen molar-refractivity contribution in [3.63, 3.8) is 0 Å². The fraction of sp³-hybridized carbons (Fsp3) is 0.217. The van der Waals surface area contributed by atoms with Crippen molar-refractivity contribution in [1.82, 2.24) is 9.55 Å². The predicted molar refractivity (Wildman–Crippen MR) is 115 cm³/mol. The molecule has 0 spiro atoms. The molecule has 0 aliphatic carbocycles. The second kappa shape index (κ2) is 7.32. The second-order valence-electron chi connectivity index (χ2n) is 7.03. The van der Waals surface area contributed by atoms with Gasteiger partial charge in [0, 0.05) is 16.0 Å². The van der Waals surface area contributed by atoms with Gasteiger partial charge in [-0.2, -0.15) is 0 Å². The molecular weight excluding hydrogens is 371 g/mol. The van der Waals surface area contributed by atoms with Crippen LogP contribution >= 0.6 is 11.3 Å². The zero-order valence-corrected chi connectivity index (χ0v) is 16.9. The first-order valence-electron chi connectivity index (χ1n) is 9.23. The summed E-state index contributed by atoms with van der Waals surface area (Å²) in [6.07, 6.45) is 0. The van der Waals surface area contributed by atoms with E-state index in [2.05, 4.69) is 0 Å². The zero-order valence-electron chi connectivity index (χ0n) is 16.1. The van der Waals surface area contributed by atoms with E-state index in [0.29, 0.717) is 16.0 Å². The molecule has 0 fully saturated rings. The maximum absolute atomic E-state index is 13.4. The van der Waals surface area contributed by atoms with Gasteiger partial charge in [-0.3, -0.25) is 9.36 Å². The summed E-state index contributed by atoms with van der Waals surface area (Å²) in [4.78, 5) is 19.9. The van der Waals surface area contributed by atoms with E-state index in [4.69, 9.17) is 4.98 Å². The van der Waals surface area contributed by atoms with Crippen molar-refractivity contribution in [2.24, 2.45) is 0 Å². The molecule has 0 saturated heterocycles. The van der Waals surface area contributed by atoms with E-state index >= 15 is 0 Å². The summed E-state index contributed by atoms with van der Waals surface area (Å²) in [6.45, 7) is 5.42. The number of benzene rings is 2. The third kappa shape index (κ3) is 3.16. The average Bonchev–Trinajstić information content (AvgIpc) is 3.01. The molecule has 4 aromatic rings. The smallest absolute Gasteiger partial charge is 0.263 e. The Hall–Kier alpha value is -2.79. The van der Waals surface area contributed by atoms with Gasteiger partial charge in [0.1, 0.15) is 17.3 Å². The summed E-state index contributed by atoms with van der Waals surface area (Å²) in [5.74, 6) is 0.520. The molecule has 0 bridgehead atoms. The summed E-state index contributed by atoms with van der Waals surface area (Å²) in [5.41, 5.74) is 4.82. The van der Waals surface area contributed by atoms with E-state index in [0.717, 1.165) is 32.7 Å². The van der Waals surface area contributed by atoms with E-state index in [-0.39, 0.29) is 12.1 Å². The van der Waals surface area contributed by atoms with E-state index in [1.54, 1.807) is 0 Å². The number of fused-ring (bicyclic) bond motifs is 1.